The second kappa shape index (κ2) is 11.6. The Hall–Kier alpha value is -4.01. The normalized spacial score (nSPS) is 15.5. The van der Waals surface area contributed by atoms with Gasteiger partial charge in [0.2, 0.25) is 6.41 Å². The van der Waals surface area contributed by atoms with Crippen molar-refractivity contribution < 1.29 is 18.0 Å². The number of benzene rings is 2. The molecule has 9 heteroatoms. The predicted octanol–water partition coefficient (Wildman–Crippen LogP) is 6.15. The van der Waals surface area contributed by atoms with Crippen molar-refractivity contribution in [2.75, 3.05) is 44.4 Å². The highest BCUT2D eigenvalue weighted by molar-refractivity contribution is 5.78. The zero-order chi connectivity index (χ0) is 27.3. The van der Waals surface area contributed by atoms with E-state index in [0.717, 1.165) is 55.0 Å². The van der Waals surface area contributed by atoms with Gasteiger partial charge in [0, 0.05) is 63.3 Å². The molecule has 1 aliphatic heterocycles. The lowest BCUT2D eigenvalue weighted by molar-refractivity contribution is -0.137. The van der Waals surface area contributed by atoms with Crippen molar-refractivity contribution in [1.29, 1.82) is 0 Å². The highest BCUT2D eigenvalue weighted by Crippen LogP contribution is 2.35. The Morgan fingerprint density at radius 3 is 2.47 bits per heavy atom. The van der Waals surface area contributed by atoms with Crippen LogP contribution in [0.15, 0.2) is 72.9 Å². The van der Waals surface area contributed by atoms with E-state index in [9.17, 15) is 18.0 Å². The van der Waals surface area contributed by atoms with E-state index in [-0.39, 0.29) is 5.92 Å². The number of piperidine rings is 1. The standard InChI is InChI=1S/C20H18F3N3O.C9H14N2/c21-20(22,23)16-7-3-5-14(11-16)18-17-8-1-2-10-26(17)19(24-18)15-6-4-9-25(12-15)13-27;1-10-8-4-6-9(7-5-8)11(2)3/h1-3,5,7-8,10-11,13,15H,4,6,9,12H2;4-7,10H,1-3H3. The van der Waals surface area contributed by atoms with Crippen LogP contribution in [0.2, 0.25) is 0 Å². The number of rotatable bonds is 5. The van der Waals surface area contributed by atoms with Crippen LogP contribution < -0.4 is 10.2 Å². The molecule has 3 heterocycles. The number of carbonyl (C=O) groups excluding carboxylic acids is 1. The summed E-state index contributed by atoms with van der Waals surface area (Å²) < 4.78 is 41.3. The van der Waals surface area contributed by atoms with Crippen LogP contribution in [-0.2, 0) is 11.0 Å². The van der Waals surface area contributed by atoms with Gasteiger partial charge in [-0.3, -0.25) is 4.79 Å². The fourth-order valence-electron chi connectivity index (χ4n) is 4.64. The van der Waals surface area contributed by atoms with Gasteiger partial charge >= 0.3 is 6.18 Å². The molecule has 1 saturated heterocycles. The molecule has 0 saturated carbocycles. The molecule has 200 valence electrons. The van der Waals surface area contributed by atoms with Gasteiger partial charge in [0.15, 0.2) is 0 Å². The number of anilines is 2. The lowest BCUT2D eigenvalue weighted by Gasteiger charge is -2.29. The van der Waals surface area contributed by atoms with Crippen molar-refractivity contribution in [1.82, 2.24) is 14.3 Å². The molecule has 6 nitrogen and oxygen atoms in total. The van der Waals surface area contributed by atoms with Crippen molar-refractivity contribution in [2.45, 2.75) is 24.9 Å². The molecule has 1 amide bonds. The van der Waals surface area contributed by atoms with Crippen molar-refractivity contribution >= 4 is 23.3 Å². The van der Waals surface area contributed by atoms with Crippen LogP contribution in [0.25, 0.3) is 16.8 Å². The molecule has 4 aromatic rings. The number of halogens is 3. The number of fused-ring (bicyclic) bond motifs is 1. The maximum Gasteiger partial charge on any atom is 0.416 e. The van der Waals surface area contributed by atoms with E-state index >= 15 is 0 Å². The number of hydrogen-bond acceptors (Lipinski definition) is 4. The van der Waals surface area contributed by atoms with Crippen LogP contribution in [0.1, 0.15) is 30.1 Å². The van der Waals surface area contributed by atoms with E-state index in [4.69, 9.17) is 4.98 Å². The van der Waals surface area contributed by atoms with Crippen LogP contribution in [0, 0.1) is 0 Å². The number of nitrogens with one attached hydrogen (secondary N) is 1. The molecular weight excluding hydrogens is 491 g/mol. The predicted molar refractivity (Wildman–Crippen MR) is 146 cm³/mol. The summed E-state index contributed by atoms with van der Waals surface area (Å²) in [5.41, 5.74) is 3.40. The third-order valence-electron chi connectivity index (χ3n) is 6.68. The molecule has 0 aliphatic carbocycles. The Bertz CT molecular complexity index is 1360. The molecule has 38 heavy (non-hydrogen) atoms. The van der Waals surface area contributed by atoms with E-state index in [1.807, 2.05) is 49.9 Å². The second-order valence-electron chi connectivity index (χ2n) is 9.48. The Labute approximate surface area is 220 Å². The molecule has 1 atom stereocenters. The first-order valence-corrected chi connectivity index (χ1v) is 12.5. The summed E-state index contributed by atoms with van der Waals surface area (Å²) in [5, 5.41) is 3.07. The molecule has 1 N–H and O–H groups in total. The van der Waals surface area contributed by atoms with Crippen LogP contribution in [0.3, 0.4) is 0 Å². The summed E-state index contributed by atoms with van der Waals surface area (Å²) in [6.45, 7) is 1.29. The van der Waals surface area contributed by atoms with Crippen molar-refractivity contribution in [2.24, 2.45) is 0 Å². The van der Waals surface area contributed by atoms with Gasteiger partial charge < -0.3 is 19.5 Å². The number of imidazole rings is 1. The monoisotopic (exact) mass is 523 g/mol. The molecule has 1 aliphatic rings. The molecule has 2 aromatic carbocycles. The summed E-state index contributed by atoms with van der Waals surface area (Å²) in [6.07, 6.45) is 0.0803. The summed E-state index contributed by atoms with van der Waals surface area (Å²) in [5.74, 6) is 0.836. The number of alkyl halides is 3. The molecule has 2 aromatic heterocycles. The fraction of sp³-hybridized carbons (Fsp3) is 0.310. The molecule has 0 radical (unpaired) electrons. The van der Waals surface area contributed by atoms with E-state index in [1.165, 1.54) is 11.8 Å². The number of aromatic nitrogens is 2. The van der Waals surface area contributed by atoms with Crippen LogP contribution in [-0.4, -0.2) is 54.9 Å². The Morgan fingerprint density at radius 2 is 1.82 bits per heavy atom. The molecule has 1 fully saturated rings. The summed E-state index contributed by atoms with van der Waals surface area (Å²) >= 11 is 0. The van der Waals surface area contributed by atoms with E-state index in [2.05, 4.69) is 34.5 Å². The zero-order valence-electron chi connectivity index (χ0n) is 21.7. The smallest absolute Gasteiger partial charge is 0.388 e. The SMILES string of the molecule is CNc1ccc(N(C)C)cc1.O=CN1CCCC(c2nc(-c3cccc(C(F)(F)F)c3)c3ccccn23)C1. The lowest BCUT2D eigenvalue weighted by atomic mass is 9.97. The highest BCUT2D eigenvalue weighted by atomic mass is 19.4. The van der Waals surface area contributed by atoms with Crippen LogP contribution >= 0.6 is 0 Å². The van der Waals surface area contributed by atoms with Gasteiger partial charge in [-0.15, -0.1) is 0 Å². The summed E-state index contributed by atoms with van der Waals surface area (Å²) in [7, 11) is 5.99. The molecule has 0 spiro atoms. The minimum Gasteiger partial charge on any atom is -0.388 e. The first-order valence-electron chi connectivity index (χ1n) is 12.5. The number of amides is 1. The van der Waals surface area contributed by atoms with Gasteiger partial charge in [-0.1, -0.05) is 18.2 Å². The third-order valence-corrected chi connectivity index (χ3v) is 6.68. The number of hydrogen-bond donors (Lipinski definition) is 1. The minimum absolute atomic E-state index is 0.0541. The van der Waals surface area contributed by atoms with Crippen molar-refractivity contribution in [3.05, 3.63) is 84.3 Å². The van der Waals surface area contributed by atoms with Gasteiger partial charge in [0.1, 0.15) is 5.82 Å². The van der Waals surface area contributed by atoms with Gasteiger partial charge in [0.25, 0.3) is 0 Å². The number of nitrogens with zero attached hydrogens (tertiary/aromatic N) is 4. The number of pyridine rings is 1. The zero-order valence-corrected chi connectivity index (χ0v) is 21.7. The maximum atomic E-state index is 13.1. The van der Waals surface area contributed by atoms with E-state index in [1.54, 1.807) is 11.0 Å². The largest absolute Gasteiger partial charge is 0.416 e. The Morgan fingerprint density at radius 1 is 1.05 bits per heavy atom. The number of likely N-dealkylation sites (tertiary alicyclic amines) is 1. The fourth-order valence-corrected chi connectivity index (χ4v) is 4.64. The highest BCUT2D eigenvalue weighted by Gasteiger charge is 2.31. The van der Waals surface area contributed by atoms with Gasteiger partial charge in [-0.05, 0) is 61.4 Å². The van der Waals surface area contributed by atoms with Gasteiger partial charge in [-0.2, -0.15) is 13.2 Å². The van der Waals surface area contributed by atoms with Crippen LogP contribution in [0.4, 0.5) is 24.5 Å². The Kier molecular flexibility index (Phi) is 8.24. The minimum atomic E-state index is -4.40. The average molecular weight is 524 g/mol. The van der Waals surface area contributed by atoms with Gasteiger partial charge in [0.05, 0.1) is 16.8 Å². The Balaban J connectivity index is 0.000000257. The molecule has 5 rings (SSSR count). The van der Waals surface area contributed by atoms with E-state index < -0.39 is 11.7 Å². The summed E-state index contributed by atoms with van der Waals surface area (Å²) in [6, 6.07) is 19.1. The number of carbonyl (C=O) groups is 1. The van der Waals surface area contributed by atoms with E-state index in [0.29, 0.717) is 17.8 Å². The molecular formula is C29H32F3N5O. The first-order chi connectivity index (χ1) is 18.2. The lowest BCUT2D eigenvalue weighted by Crippen LogP contribution is -2.33. The summed E-state index contributed by atoms with van der Waals surface area (Å²) in [4.78, 5) is 19.7. The average Bonchev–Trinajstić information content (AvgIpc) is 3.33. The molecule has 1 unspecified atom stereocenters. The molecule has 0 bridgehead atoms. The first kappa shape index (κ1) is 27.0. The van der Waals surface area contributed by atoms with Crippen molar-refractivity contribution in [3.8, 4) is 11.3 Å². The second-order valence-corrected chi connectivity index (χ2v) is 9.48. The third kappa shape index (κ3) is 6.10. The topological polar surface area (TPSA) is 52.9 Å². The van der Waals surface area contributed by atoms with Crippen LogP contribution in [0.5, 0.6) is 0 Å². The van der Waals surface area contributed by atoms with Crippen molar-refractivity contribution in [3.63, 3.8) is 0 Å². The maximum absolute atomic E-state index is 13.1. The van der Waals surface area contributed by atoms with Gasteiger partial charge in [-0.25, -0.2) is 4.98 Å². The quantitative estimate of drug-likeness (QED) is 0.319.